The van der Waals surface area contributed by atoms with E-state index in [1.54, 1.807) is 6.92 Å². The molecule has 82 valence electrons. The van der Waals surface area contributed by atoms with Crippen molar-refractivity contribution in [2.24, 2.45) is 0 Å². The Kier molecular flexibility index (Phi) is 7.28. The molecule has 0 heterocycles. The lowest BCUT2D eigenvalue weighted by atomic mass is 10.4. The van der Waals surface area contributed by atoms with Crippen LogP contribution >= 0.6 is 11.8 Å². The summed E-state index contributed by atoms with van der Waals surface area (Å²) in [4.78, 5) is 22.0. The first-order valence-corrected chi connectivity index (χ1v) is 5.74. The predicted molar refractivity (Wildman–Crippen MR) is 57.2 cm³/mol. The number of hydrogen-bond donors (Lipinski definition) is 1. The van der Waals surface area contributed by atoms with Crippen molar-refractivity contribution in [3.05, 3.63) is 0 Å². The molecule has 0 aromatic carbocycles. The van der Waals surface area contributed by atoms with Gasteiger partial charge in [-0.25, -0.2) is 0 Å². The quantitative estimate of drug-likeness (QED) is 0.672. The van der Waals surface area contributed by atoms with Gasteiger partial charge in [0.25, 0.3) is 0 Å². The lowest BCUT2D eigenvalue weighted by molar-refractivity contribution is -0.139. The molecule has 0 saturated carbocycles. The van der Waals surface area contributed by atoms with Crippen LogP contribution in [0.4, 0.5) is 0 Å². The molecule has 4 nitrogen and oxygen atoms in total. The van der Waals surface area contributed by atoms with E-state index in [-0.39, 0.29) is 23.7 Å². The molecule has 0 unspecified atom stereocenters. The normalized spacial score (nSPS) is 10.0. The van der Waals surface area contributed by atoms with Gasteiger partial charge in [0.1, 0.15) is 0 Å². The fraction of sp³-hybridized carbons (Fsp3) is 0.778. The second-order valence-electron chi connectivity index (χ2n) is 3.02. The van der Waals surface area contributed by atoms with E-state index >= 15 is 0 Å². The maximum Gasteiger partial charge on any atom is 0.315 e. The topological polar surface area (TPSA) is 55.4 Å². The molecular formula is C9H17NO3S. The molecule has 0 bridgehead atoms. The molecule has 0 aliphatic rings. The van der Waals surface area contributed by atoms with E-state index in [0.717, 1.165) is 0 Å². The number of amides is 1. The van der Waals surface area contributed by atoms with Crippen LogP contribution in [0.15, 0.2) is 0 Å². The summed E-state index contributed by atoms with van der Waals surface area (Å²) in [6.07, 6.45) is 0. The Morgan fingerprint density at radius 1 is 1.36 bits per heavy atom. The van der Waals surface area contributed by atoms with E-state index in [1.165, 1.54) is 11.8 Å². The van der Waals surface area contributed by atoms with Crippen LogP contribution in [-0.4, -0.2) is 36.0 Å². The molecule has 0 aromatic heterocycles. The fourth-order valence-corrected chi connectivity index (χ4v) is 1.41. The third-order valence-corrected chi connectivity index (χ3v) is 2.11. The SMILES string of the molecule is CCOC(=O)CSCC(=O)NC(C)C. The van der Waals surface area contributed by atoms with Crippen LogP contribution < -0.4 is 5.32 Å². The monoisotopic (exact) mass is 219 g/mol. The van der Waals surface area contributed by atoms with Gasteiger partial charge < -0.3 is 10.1 Å². The van der Waals surface area contributed by atoms with Crippen molar-refractivity contribution in [1.29, 1.82) is 0 Å². The molecule has 0 atom stereocenters. The van der Waals surface area contributed by atoms with Gasteiger partial charge in [-0.15, -0.1) is 11.8 Å². The minimum absolute atomic E-state index is 0.0469. The third kappa shape index (κ3) is 7.91. The summed E-state index contributed by atoms with van der Waals surface area (Å²) in [6, 6.07) is 0.144. The summed E-state index contributed by atoms with van der Waals surface area (Å²) < 4.78 is 4.71. The van der Waals surface area contributed by atoms with Crippen molar-refractivity contribution in [2.45, 2.75) is 26.8 Å². The highest BCUT2D eigenvalue weighted by Gasteiger charge is 2.06. The average Bonchev–Trinajstić information content (AvgIpc) is 2.02. The number of ether oxygens (including phenoxy) is 1. The number of hydrogen-bond acceptors (Lipinski definition) is 4. The van der Waals surface area contributed by atoms with E-state index in [1.807, 2.05) is 13.8 Å². The van der Waals surface area contributed by atoms with Gasteiger partial charge in [-0.1, -0.05) is 0 Å². The van der Waals surface area contributed by atoms with E-state index in [0.29, 0.717) is 12.4 Å². The van der Waals surface area contributed by atoms with Gasteiger partial charge >= 0.3 is 5.97 Å². The van der Waals surface area contributed by atoms with Gasteiger partial charge in [0, 0.05) is 6.04 Å². The first-order chi connectivity index (χ1) is 6.56. The van der Waals surface area contributed by atoms with Crippen LogP contribution in [0.2, 0.25) is 0 Å². The van der Waals surface area contributed by atoms with Gasteiger partial charge in [-0.05, 0) is 20.8 Å². The van der Waals surface area contributed by atoms with Crippen molar-refractivity contribution < 1.29 is 14.3 Å². The van der Waals surface area contributed by atoms with Gasteiger partial charge in [0.15, 0.2) is 0 Å². The first kappa shape index (κ1) is 13.3. The van der Waals surface area contributed by atoms with Crippen molar-refractivity contribution >= 4 is 23.6 Å². The van der Waals surface area contributed by atoms with Gasteiger partial charge in [-0.2, -0.15) is 0 Å². The van der Waals surface area contributed by atoms with E-state index in [2.05, 4.69) is 5.32 Å². The second kappa shape index (κ2) is 7.67. The highest BCUT2D eigenvalue weighted by Crippen LogP contribution is 2.00. The molecule has 1 N–H and O–H groups in total. The Hall–Kier alpha value is -0.710. The summed E-state index contributed by atoms with van der Waals surface area (Å²) in [5.74, 6) is 0.222. The van der Waals surface area contributed by atoms with Crippen LogP contribution in [0.1, 0.15) is 20.8 Å². The van der Waals surface area contributed by atoms with Crippen LogP contribution in [-0.2, 0) is 14.3 Å². The van der Waals surface area contributed by atoms with Crippen LogP contribution in [0, 0.1) is 0 Å². The molecule has 5 heteroatoms. The van der Waals surface area contributed by atoms with Crippen molar-refractivity contribution in [3.8, 4) is 0 Å². The standard InChI is InChI=1S/C9H17NO3S/c1-4-13-9(12)6-14-5-8(11)10-7(2)3/h7H,4-6H2,1-3H3,(H,10,11). The van der Waals surface area contributed by atoms with Crippen LogP contribution in [0.25, 0.3) is 0 Å². The summed E-state index contributed by atoms with van der Waals surface area (Å²) in [6.45, 7) is 5.94. The average molecular weight is 219 g/mol. The van der Waals surface area contributed by atoms with E-state index in [9.17, 15) is 9.59 Å². The zero-order valence-electron chi connectivity index (χ0n) is 8.83. The Labute approximate surface area is 88.8 Å². The van der Waals surface area contributed by atoms with Gasteiger partial charge in [0.05, 0.1) is 18.1 Å². The minimum atomic E-state index is -0.269. The molecule has 0 aromatic rings. The van der Waals surface area contributed by atoms with Gasteiger partial charge in [-0.3, -0.25) is 9.59 Å². The van der Waals surface area contributed by atoms with Gasteiger partial charge in [0.2, 0.25) is 5.91 Å². The summed E-state index contributed by atoms with van der Waals surface area (Å²) in [7, 11) is 0. The zero-order chi connectivity index (χ0) is 11.0. The molecule has 1 amide bonds. The first-order valence-electron chi connectivity index (χ1n) is 4.59. The maximum atomic E-state index is 11.1. The smallest absolute Gasteiger partial charge is 0.315 e. The molecule has 0 radical (unpaired) electrons. The van der Waals surface area contributed by atoms with Crippen molar-refractivity contribution in [3.63, 3.8) is 0 Å². The Morgan fingerprint density at radius 3 is 2.50 bits per heavy atom. The van der Waals surface area contributed by atoms with Crippen LogP contribution in [0.5, 0.6) is 0 Å². The van der Waals surface area contributed by atoms with Crippen molar-refractivity contribution in [2.75, 3.05) is 18.1 Å². The Morgan fingerprint density at radius 2 is 2.00 bits per heavy atom. The lowest BCUT2D eigenvalue weighted by Gasteiger charge is -2.07. The molecule has 14 heavy (non-hydrogen) atoms. The number of carbonyl (C=O) groups excluding carboxylic acids is 2. The van der Waals surface area contributed by atoms with Crippen LogP contribution in [0.3, 0.4) is 0 Å². The molecule has 0 rings (SSSR count). The summed E-state index contributed by atoms with van der Waals surface area (Å²) in [5, 5.41) is 2.74. The molecule has 0 aliphatic heterocycles. The number of rotatable bonds is 6. The number of thioether (sulfide) groups is 1. The summed E-state index contributed by atoms with van der Waals surface area (Å²) >= 11 is 1.26. The number of esters is 1. The van der Waals surface area contributed by atoms with E-state index < -0.39 is 0 Å². The van der Waals surface area contributed by atoms with Crippen molar-refractivity contribution in [1.82, 2.24) is 5.32 Å². The molecule has 0 aliphatic carbocycles. The largest absolute Gasteiger partial charge is 0.465 e. The number of carbonyl (C=O) groups is 2. The zero-order valence-corrected chi connectivity index (χ0v) is 9.65. The second-order valence-corrected chi connectivity index (χ2v) is 4.01. The Balaban J connectivity index is 3.44. The lowest BCUT2D eigenvalue weighted by Crippen LogP contribution is -2.31. The molecule has 0 saturated heterocycles. The van der Waals surface area contributed by atoms with E-state index in [4.69, 9.17) is 4.74 Å². The number of nitrogens with one attached hydrogen (secondary N) is 1. The molecular weight excluding hydrogens is 202 g/mol. The Bertz CT molecular complexity index is 194. The third-order valence-electron chi connectivity index (χ3n) is 1.21. The maximum absolute atomic E-state index is 11.1. The summed E-state index contributed by atoms with van der Waals surface area (Å²) in [5.41, 5.74) is 0. The molecule has 0 spiro atoms. The predicted octanol–water partition coefficient (Wildman–Crippen LogP) is 0.807. The fourth-order valence-electron chi connectivity index (χ4n) is 0.793. The molecule has 0 fully saturated rings. The highest BCUT2D eigenvalue weighted by molar-refractivity contribution is 8.00. The highest BCUT2D eigenvalue weighted by atomic mass is 32.2. The minimum Gasteiger partial charge on any atom is -0.465 e.